The number of benzene rings is 1. The van der Waals surface area contributed by atoms with Crippen molar-refractivity contribution < 1.29 is 0 Å². The van der Waals surface area contributed by atoms with Crippen molar-refractivity contribution in [3.8, 4) is 0 Å². The van der Waals surface area contributed by atoms with Crippen molar-refractivity contribution in [3.63, 3.8) is 0 Å². The van der Waals surface area contributed by atoms with Gasteiger partial charge in [0.2, 0.25) is 0 Å². The van der Waals surface area contributed by atoms with Crippen LogP contribution in [0.1, 0.15) is 12.5 Å². The molecule has 1 aromatic carbocycles. The lowest BCUT2D eigenvalue weighted by molar-refractivity contribution is 1.50. The Morgan fingerprint density at radius 2 is 2.17 bits per heavy atom. The molecular weight excluding hydrogens is 148 g/mol. The number of para-hydroxylation sites is 1. The minimum absolute atomic E-state index is 0.804. The van der Waals surface area contributed by atoms with E-state index in [1.807, 2.05) is 44.3 Å². The van der Waals surface area contributed by atoms with Gasteiger partial charge in [0, 0.05) is 7.05 Å². The van der Waals surface area contributed by atoms with Gasteiger partial charge >= 0.3 is 0 Å². The Kier molecular flexibility index (Phi) is 2.75. The topological polar surface area (TPSA) is 38.0 Å². The fraction of sp³-hybridized carbons (Fsp3) is 0.200. The van der Waals surface area contributed by atoms with Crippen LogP contribution in [0.5, 0.6) is 0 Å². The summed E-state index contributed by atoms with van der Waals surface area (Å²) in [5.74, 6) is 0. The second kappa shape index (κ2) is 3.81. The van der Waals surface area contributed by atoms with Crippen LogP contribution < -0.4 is 11.1 Å². The summed E-state index contributed by atoms with van der Waals surface area (Å²) in [6, 6.07) is 5.94. The summed E-state index contributed by atoms with van der Waals surface area (Å²) >= 11 is 0. The lowest BCUT2D eigenvalue weighted by Crippen LogP contribution is -1.97. The smallest absolute Gasteiger partial charge is 0.0623 e. The molecule has 0 atom stereocenters. The van der Waals surface area contributed by atoms with E-state index in [1.165, 1.54) is 0 Å². The maximum Gasteiger partial charge on any atom is 0.0623 e. The van der Waals surface area contributed by atoms with Crippen LogP contribution in [0.3, 0.4) is 0 Å². The van der Waals surface area contributed by atoms with E-state index >= 15 is 0 Å². The van der Waals surface area contributed by atoms with Gasteiger partial charge < -0.3 is 11.1 Å². The summed E-state index contributed by atoms with van der Waals surface area (Å²) in [7, 11) is 1.87. The highest BCUT2D eigenvalue weighted by Crippen LogP contribution is 2.22. The number of nitrogens with one attached hydrogen (secondary N) is 1. The van der Waals surface area contributed by atoms with Gasteiger partial charge in [-0.2, -0.15) is 0 Å². The summed E-state index contributed by atoms with van der Waals surface area (Å²) in [6.07, 6.45) is 3.97. The molecule has 0 saturated carbocycles. The minimum atomic E-state index is 0.804. The molecule has 0 fully saturated rings. The van der Waals surface area contributed by atoms with Crippen LogP contribution in [-0.4, -0.2) is 7.05 Å². The van der Waals surface area contributed by atoms with Crippen LogP contribution in [-0.2, 0) is 0 Å². The van der Waals surface area contributed by atoms with Gasteiger partial charge in [0.05, 0.1) is 11.4 Å². The number of nitrogen functional groups attached to an aromatic ring is 1. The standard InChI is InChI=1S/C10H14N2/c1-3-5-8-6-4-7-9(12-2)10(8)11/h3-7,12H,11H2,1-2H3/b5-3-. The van der Waals surface area contributed by atoms with Gasteiger partial charge in [-0.25, -0.2) is 0 Å². The van der Waals surface area contributed by atoms with Crippen LogP contribution in [0.25, 0.3) is 6.08 Å². The maximum absolute atomic E-state index is 5.87. The first-order valence-electron chi connectivity index (χ1n) is 3.98. The van der Waals surface area contributed by atoms with Crippen LogP contribution in [0.15, 0.2) is 24.3 Å². The number of rotatable bonds is 2. The fourth-order valence-corrected chi connectivity index (χ4v) is 1.13. The van der Waals surface area contributed by atoms with E-state index in [1.54, 1.807) is 0 Å². The van der Waals surface area contributed by atoms with Gasteiger partial charge in [-0.1, -0.05) is 24.3 Å². The van der Waals surface area contributed by atoms with Crippen LogP contribution in [0, 0.1) is 0 Å². The highest BCUT2D eigenvalue weighted by molar-refractivity contribution is 5.77. The summed E-state index contributed by atoms with van der Waals surface area (Å²) in [4.78, 5) is 0. The summed E-state index contributed by atoms with van der Waals surface area (Å²) in [5, 5.41) is 3.04. The Balaban J connectivity index is 3.13. The van der Waals surface area contributed by atoms with E-state index in [0.717, 1.165) is 16.9 Å². The highest BCUT2D eigenvalue weighted by atomic mass is 14.8. The molecule has 0 aliphatic carbocycles. The Morgan fingerprint density at radius 3 is 2.75 bits per heavy atom. The zero-order valence-corrected chi connectivity index (χ0v) is 7.46. The second-order valence-corrected chi connectivity index (χ2v) is 2.56. The normalized spacial score (nSPS) is 10.5. The van der Waals surface area contributed by atoms with Crippen molar-refractivity contribution in [2.24, 2.45) is 0 Å². The number of allylic oxidation sites excluding steroid dienone is 1. The summed E-state index contributed by atoms with van der Waals surface area (Å²) in [6.45, 7) is 1.98. The quantitative estimate of drug-likeness (QED) is 0.655. The summed E-state index contributed by atoms with van der Waals surface area (Å²) < 4.78 is 0. The lowest BCUT2D eigenvalue weighted by Gasteiger charge is -2.06. The Hall–Kier alpha value is -1.44. The molecule has 0 aliphatic rings. The van der Waals surface area contributed by atoms with Crippen molar-refractivity contribution >= 4 is 17.5 Å². The van der Waals surface area contributed by atoms with Crippen molar-refractivity contribution in [3.05, 3.63) is 29.8 Å². The van der Waals surface area contributed by atoms with Gasteiger partial charge in [0.15, 0.2) is 0 Å². The third-order valence-corrected chi connectivity index (χ3v) is 1.76. The average molecular weight is 162 g/mol. The third kappa shape index (κ3) is 1.59. The molecule has 0 amide bonds. The zero-order chi connectivity index (χ0) is 8.97. The van der Waals surface area contributed by atoms with E-state index in [4.69, 9.17) is 5.73 Å². The van der Waals surface area contributed by atoms with Crippen LogP contribution >= 0.6 is 0 Å². The highest BCUT2D eigenvalue weighted by Gasteiger charge is 1.98. The molecule has 1 aromatic rings. The van der Waals surface area contributed by atoms with Crippen molar-refractivity contribution in [1.29, 1.82) is 0 Å². The van der Waals surface area contributed by atoms with Crippen molar-refractivity contribution in [2.75, 3.05) is 18.1 Å². The first-order valence-corrected chi connectivity index (χ1v) is 3.98. The lowest BCUT2D eigenvalue weighted by atomic mass is 10.1. The molecule has 64 valence electrons. The molecule has 0 saturated heterocycles. The van der Waals surface area contributed by atoms with Gasteiger partial charge in [0.25, 0.3) is 0 Å². The fourth-order valence-electron chi connectivity index (χ4n) is 1.13. The van der Waals surface area contributed by atoms with Crippen molar-refractivity contribution in [1.82, 2.24) is 0 Å². The van der Waals surface area contributed by atoms with E-state index in [0.29, 0.717) is 0 Å². The number of anilines is 2. The molecule has 0 unspecified atom stereocenters. The van der Waals surface area contributed by atoms with Gasteiger partial charge in [-0.3, -0.25) is 0 Å². The zero-order valence-electron chi connectivity index (χ0n) is 7.46. The maximum atomic E-state index is 5.87. The molecule has 2 nitrogen and oxygen atoms in total. The van der Waals surface area contributed by atoms with E-state index in [-0.39, 0.29) is 0 Å². The monoisotopic (exact) mass is 162 g/mol. The third-order valence-electron chi connectivity index (χ3n) is 1.76. The average Bonchev–Trinajstić information content (AvgIpc) is 2.09. The molecule has 3 N–H and O–H groups in total. The van der Waals surface area contributed by atoms with E-state index in [9.17, 15) is 0 Å². The first kappa shape index (κ1) is 8.65. The molecule has 0 heterocycles. The Morgan fingerprint density at radius 1 is 1.42 bits per heavy atom. The SMILES string of the molecule is C/C=C\c1cccc(NC)c1N. The van der Waals surface area contributed by atoms with E-state index < -0.39 is 0 Å². The molecule has 0 radical (unpaired) electrons. The molecule has 0 spiro atoms. The predicted molar refractivity (Wildman–Crippen MR) is 55.1 cm³/mol. The molecule has 12 heavy (non-hydrogen) atoms. The van der Waals surface area contributed by atoms with E-state index in [2.05, 4.69) is 5.32 Å². The molecule has 2 heteroatoms. The summed E-state index contributed by atoms with van der Waals surface area (Å²) in [5.41, 5.74) is 8.71. The van der Waals surface area contributed by atoms with Crippen LogP contribution in [0.2, 0.25) is 0 Å². The molecule has 0 aliphatic heterocycles. The second-order valence-electron chi connectivity index (χ2n) is 2.56. The molecule has 1 rings (SSSR count). The molecule has 0 bridgehead atoms. The minimum Gasteiger partial charge on any atom is -0.397 e. The number of hydrogen-bond donors (Lipinski definition) is 2. The van der Waals surface area contributed by atoms with Crippen molar-refractivity contribution in [2.45, 2.75) is 6.92 Å². The Labute approximate surface area is 73.1 Å². The Bertz CT molecular complexity index is 290. The number of hydrogen-bond acceptors (Lipinski definition) is 2. The van der Waals surface area contributed by atoms with Gasteiger partial charge in [-0.05, 0) is 18.6 Å². The molecular formula is C10H14N2. The predicted octanol–water partition coefficient (Wildman–Crippen LogP) is 2.34. The largest absolute Gasteiger partial charge is 0.397 e. The number of nitrogens with two attached hydrogens (primary N) is 1. The van der Waals surface area contributed by atoms with Gasteiger partial charge in [0.1, 0.15) is 0 Å². The van der Waals surface area contributed by atoms with Crippen LogP contribution in [0.4, 0.5) is 11.4 Å². The van der Waals surface area contributed by atoms with Gasteiger partial charge in [-0.15, -0.1) is 0 Å². The molecule has 0 aromatic heterocycles. The first-order chi connectivity index (χ1) is 5.79.